The summed E-state index contributed by atoms with van der Waals surface area (Å²) in [4.78, 5) is 11.9. The van der Waals surface area contributed by atoms with Gasteiger partial charge in [0.25, 0.3) is 0 Å². The molecule has 0 spiro atoms. The average molecular weight is 264 g/mol. The summed E-state index contributed by atoms with van der Waals surface area (Å²) in [5.41, 5.74) is -0.0505. The van der Waals surface area contributed by atoms with Gasteiger partial charge in [0.1, 0.15) is 17.3 Å². The molecule has 0 saturated heterocycles. The Morgan fingerprint density at radius 1 is 1.11 bits per heavy atom. The third-order valence-electron chi connectivity index (χ3n) is 2.65. The van der Waals surface area contributed by atoms with E-state index in [1.54, 1.807) is 39.0 Å². The highest BCUT2D eigenvalue weighted by atomic mass is 16.5. The predicted octanol–water partition coefficient (Wildman–Crippen LogP) is 3.22. The molecule has 1 aromatic carbocycles. The van der Waals surface area contributed by atoms with Gasteiger partial charge in [-0.25, -0.2) is 0 Å². The van der Waals surface area contributed by atoms with Gasteiger partial charge in [0, 0.05) is 23.1 Å². The van der Waals surface area contributed by atoms with Crippen LogP contribution in [0.15, 0.2) is 24.3 Å². The number of hydrogen-bond acceptors (Lipinski definition) is 4. The van der Waals surface area contributed by atoms with Gasteiger partial charge in [-0.15, -0.1) is 0 Å². The summed E-state index contributed by atoms with van der Waals surface area (Å²) < 4.78 is 10.2. The average Bonchev–Trinajstić information content (AvgIpc) is 2.36. The zero-order valence-corrected chi connectivity index (χ0v) is 12.0. The Morgan fingerprint density at radius 2 is 1.58 bits per heavy atom. The number of ether oxygens (including phenoxy) is 2. The van der Waals surface area contributed by atoms with E-state index in [4.69, 9.17) is 9.47 Å². The lowest BCUT2D eigenvalue weighted by molar-refractivity contribution is -0.121. The first kappa shape index (κ1) is 15.1. The number of aliphatic hydroxyl groups excluding tert-OH is 1. The lowest BCUT2D eigenvalue weighted by Gasteiger charge is -2.14. The molecule has 0 bridgehead atoms. The smallest absolute Gasteiger partial charge is 0.164 e. The number of ketones is 1. The molecule has 0 radical (unpaired) electrons. The molecule has 0 aromatic heterocycles. The van der Waals surface area contributed by atoms with Crippen LogP contribution in [-0.4, -0.2) is 25.1 Å². The second-order valence-corrected chi connectivity index (χ2v) is 5.25. The Morgan fingerprint density at radius 3 is 1.95 bits per heavy atom. The van der Waals surface area contributed by atoms with Crippen molar-refractivity contribution in [1.29, 1.82) is 0 Å². The summed E-state index contributed by atoms with van der Waals surface area (Å²) in [5.74, 6) is 0.860. The van der Waals surface area contributed by atoms with Crippen LogP contribution >= 0.6 is 0 Å². The van der Waals surface area contributed by atoms with E-state index < -0.39 is 5.41 Å². The molecule has 0 saturated carbocycles. The highest BCUT2D eigenvalue weighted by Crippen LogP contribution is 2.27. The standard InChI is InChI=1S/C15H20O4/c1-15(2,3)14(17)9-13(16)10-6-11(18-4)8-12(7-10)19-5/h6-9,16H,1-5H3/b13-9-. The van der Waals surface area contributed by atoms with Crippen LogP contribution in [0.4, 0.5) is 0 Å². The van der Waals surface area contributed by atoms with Gasteiger partial charge < -0.3 is 14.6 Å². The summed E-state index contributed by atoms with van der Waals surface area (Å²) in [5, 5.41) is 10.0. The molecule has 104 valence electrons. The van der Waals surface area contributed by atoms with Crippen LogP contribution in [0.1, 0.15) is 26.3 Å². The van der Waals surface area contributed by atoms with Crippen molar-refractivity contribution >= 4 is 11.5 Å². The third kappa shape index (κ3) is 4.02. The number of methoxy groups -OCH3 is 2. The van der Waals surface area contributed by atoms with Crippen molar-refractivity contribution < 1.29 is 19.4 Å². The molecule has 0 aliphatic carbocycles. The van der Waals surface area contributed by atoms with Gasteiger partial charge in [-0.2, -0.15) is 0 Å². The first-order valence-corrected chi connectivity index (χ1v) is 5.96. The van der Waals surface area contributed by atoms with Crippen molar-refractivity contribution in [1.82, 2.24) is 0 Å². The molecule has 0 amide bonds. The SMILES string of the molecule is COc1cc(OC)cc(/C(O)=C/C(=O)C(C)(C)C)c1. The Kier molecular flexibility index (Phi) is 4.59. The van der Waals surface area contributed by atoms with Crippen LogP contribution in [0.5, 0.6) is 11.5 Å². The van der Waals surface area contributed by atoms with Crippen molar-refractivity contribution in [2.75, 3.05) is 14.2 Å². The van der Waals surface area contributed by atoms with Crippen molar-refractivity contribution in [2.45, 2.75) is 20.8 Å². The molecule has 0 atom stereocenters. The molecule has 19 heavy (non-hydrogen) atoms. The third-order valence-corrected chi connectivity index (χ3v) is 2.65. The molecule has 0 aliphatic heterocycles. The van der Waals surface area contributed by atoms with E-state index in [2.05, 4.69) is 0 Å². The van der Waals surface area contributed by atoms with E-state index in [-0.39, 0.29) is 11.5 Å². The quantitative estimate of drug-likeness (QED) is 0.670. The molecule has 1 aromatic rings. The first-order chi connectivity index (χ1) is 8.77. The van der Waals surface area contributed by atoms with E-state index in [0.29, 0.717) is 17.1 Å². The fraction of sp³-hybridized carbons (Fsp3) is 0.400. The van der Waals surface area contributed by atoms with Crippen molar-refractivity contribution in [3.8, 4) is 11.5 Å². The molecular formula is C15H20O4. The maximum atomic E-state index is 11.9. The van der Waals surface area contributed by atoms with Crippen molar-refractivity contribution in [3.63, 3.8) is 0 Å². The lowest BCUT2D eigenvalue weighted by atomic mass is 9.90. The van der Waals surface area contributed by atoms with Gasteiger partial charge in [-0.05, 0) is 12.1 Å². The van der Waals surface area contributed by atoms with E-state index in [1.807, 2.05) is 0 Å². The first-order valence-electron chi connectivity index (χ1n) is 5.96. The number of benzene rings is 1. The molecule has 4 heteroatoms. The van der Waals surface area contributed by atoms with Gasteiger partial charge in [0.05, 0.1) is 14.2 Å². The predicted molar refractivity (Wildman–Crippen MR) is 74.6 cm³/mol. The monoisotopic (exact) mass is 264 g/mol. The van der Waals surface area contributed by atoms with E-state index >= 15 is 0 Å². The Bertz CT molecular complexity index is 473. The molecule has 0 unspecified atom stereocenters. The number of hydrogen-bond donors (Lipinski definition) is 1. The summed E-state index contributed by atoms with van der Waals surface area (Å²) in [6, 6.07) is 4.98. The summed E-state index contributed by atoms with van der Waals surface area (Å²) in [6.07, 6.45) is 1.23. The van der Waals surface area contributed by atoms with Crippen molar-refractivity contribution in [3.05, 3.63) is 29.8 Å². The van der Waals surface area contributed by atoms with E-state index in [0.717, 1.165) is 0 Å². The highest BCUT2D eigenvalue weighted by Gasteiger charge is 2.20. The minimum atomic E-state index is -0.531. The summed E-state index contributed by atoms with van der Waals surface area (Å²) in [6.45, 7) is 5.39. The number of aliphatic hydroxyl groups is 1. The lowest BCUT2D eigenvalue weighted by Crippen LogP contribution is -2.17. The van der Waals surface area contributed by atoms with E-state index in [1.165, 1.54) is 20.3 Å². The number of carbonyl (C=O) groups is 1. The Hall–Kier alpha value is -1.97. The van der Waals surface area contributed by atoms with Gasteiger partial charge in [0.2, 0.25) is 0 Å². The normalized spacial score (nSPS) is 12.2. The van der Waals surface area contributed by atoms with Crippen LogP contribution in [0.3, 0.4) is 0 Å². The number of carbonyl (C=O) groups excluding carboxylic acids is 1. The van der Waals surface area contributed by atoms with Gasteiger partial charge in [-0.3, -0.25) is 4.79 Å². The highest BCUT2D eigenvalue weighted by molar-refractivity contribution is 5.98. The zero-order valence-electron chi connectivity index (χ0n) is 12.0. The largest absolute Gasteiger partial charge is 0.507 e. The molecule has 0 heterocycles. The van der Waals surface area contributed by atoms with Crippen molar-refractivity contribution in [2.24, 2.45) is 5.41 Å². The van der Waals surface area contributed by atoms with Crippen LogP contribution in [0, 0.1) is 5.41 Å². The fourth-order valence-corrected chi connectivity index (χ4v) is 1.38. The molecule has 1 rings (SSSR count). The molecule has 0 fully saturated rings. The summed E-state index contributed by atoms with van der Waals surface area (Å²) >= 11 is 0. The van der Waals surface area contributed by atoms with Crippen LogP contribution in [-0.2, 0) is 4.79 Å². The molecule has 4 nitrogen and oxygen atoms in total. The van der Waals surface area contributed by atoms with Crippen LogP contribution in [0.25, 0.3) is 5.76 Å². The Labute approximate surface area is 113 Å². The Balaban J connectivity index is 3.15. The number of rotatable bonds is 4. The van der Waals surface area contributed by atoms with E-state index in [9.17, 15) is 9.90 Å². The van der Waals surface area contributed by atoms with Crippen LogP contribution in [0.2, 0.25) is 0 Å². The second kappa shape index (κ2) is 5.78. The topological polar surface area (TPSA) is 55.8 Å². The maximum absolute atomic E-state index is 11.9. The molecular weight excluding hydrogens is 244 g/mol. The van der Waals surface area contributed by atoms with Gasteiger partial charge >= 0.3 is 0 Å². The molecule has 1 N–H and O–H groups in total. The summed E-state index contributed by atoms with van der Waals surface area (Å²) in [7, 11) is 3.05. The van der Waals surface area contributed by atoms with Gasteiger partial charge in [0.15, 0.2) is 5.78 Å². The minimum Gasteiger partial charge on any atom is -0.507 e. The minimum absolute atomic E-state index is 0.0999. The maximum Gasteiger partial charge on any atom is 0.164 e. The zero-order chi connectivity index (χ0) is 14.6. The van der Waals surface area contributed by atoms with Crippen LogP contribution < -0.4 is 9.47 Å². The van der Waals surface area contributed by atoms with Gasteiger partial charge in [-0.1, -0.05) is 20.8 Å². The number of allylic oxidation sites excluding steroid dienone is 1. The fourth-order valence-electron chi connectivity index (χ4n) is 1.38. The second-order valence-electron chi connectivity index (χ2n) is 5.25. The molecule has 0 aliphatic rings.